The second-order valence-electron chi connectivity index (χ2n) is 4.43. The van der Waals surface area contributed by atoms with Gasteiger partial charge in [-0.25, -0.2) is 0 Å². The maximum absolute atomic E-state index is 11.8. The molecule has 0 spiro atoms. The van der Waals surface area contributed by atoms with Gasteiger partial charge in [-0.1, -0.05) is 0 Å². The summed E-state index contributed by atoms with van der Waals surface area (Å²) in [6.07, 6.45) is -0.0776. The standard InChI is InChI=1S/C11H21N3O3/c1-4-14(3)11(17)7(2)13-10(16)9-5-8(15)6-12-9/h7-9,12,15H,4-6H2,1-3H3,(H,13,16). The molecule has 6 nitrogen and oxygen atoms in total. The number of carbonyl (C=O) groups excluding carboxylic acids is 2. The summed E-state index contributed by atoms with van der Waals surface area (Å²) < 4.78 is 0. The first-order valence-corrected chi connectivity index (χ1v) is 5.92. The van der Waals surface area contributed by atoms with Crippen molar-refractivity contribution in [3.8, 4) is 0 Å². The minimum absolute atomic E-state index is 0.112. The number of hydrogen-bond donors (Lipinski definition) is 3. The molecule has 17 heavy (non-hydrogen) atoms. The summed E-state index contributed by atoms with van der Waals surface area (Å²) in [4.78, 5) is 25.0. The van der Waals surface area contributed by atoms with Crippen LogP contribution in [0.1, 0.15) is 20.3 Å². The molecule has 3 N–H and O–H groups in total. The van der Waals surface area contributed by atoms with Crippen molar-refractivity contribution in [2.45, 2.75) is 38.5 Å². The van der Waals surface area contributed by atoms with Gasteiger partial charge >= 0.3 is 0 Å². The highest BCUT2D eigenvalue weighted by atomic mass is 16.3. The quantitative estimate of drug-likeness (QED) is 0.573. The van der Waals surface area contributed by atoms with E-state index in [1.54, 1.807) is 18.9 Å². The Balaban J connectivity index is 2.43. The highest BCUT2D eigenvalue weighted by Gasteiger charge is 2.30. The van der Waals surface area contributed by atoms with Crippen LogP contribution in [0, 0.1) is 0 Å². The van der Waals surface area contributed by atoms with Crippen molar-refractivity contribution >= 4 is 11.8 Å². The molecule has 0 radical (unpaired) electrons. The first-order valence-electron chi connectivity index (χ1n) is 5.92. The average Bonchev–Trinajstić information content (AvgIpc) is 2.73. The third-order valence-corrected chi connectivity index (χ3v) is 3.00. The van der Waals surface area contributed by atoms with Crippen LogP contribution in [0.2, 0.25) is 0 Å². The molecule has 3 atom stereocenters. The van der Waals surface area contributed by atoms with Gasteiger partial charge in [0.2, 0.25) is 11.8 Å². The monoisotopic (exact) mass is 243 g/mol. The van der Waals surface area contributed by atoms with Crippen LogP contribution in [0.25, 0.3) is 0 Å². The summed E-state index contributed by atoms with van der Waals surface area (Å²) in [6, 6.07) is -0.931. The molecule has 6 heteroatoms. The number of aliphatic hydroxyl groups is 1. The molecule has 0 aromatic heterocycles. The number of likely N-dealkylation sites (N-methyl/N-ethyl adjacent to an activating group) is 1. The van der Waals surface area contributed by atoms with Gasteiger partial charge in [0.25, 0.3) is 0 Å². The molecule has 0 aromatic rings. The van der Waals surface area contributed by atoms with Crippen molar-refractivity contribution in [2.24, 2.45) is 0 Å². The molecular weight excluding hydrogens is 222 g/mol. The van der Waals surface area contributed by atoms with Crippen LogP contribution in [-0.2, 0) is 9.59 Å². The van der Waals surface area contributed by atoms with Gasteiger partial charge in [0.1, 0.15) is 6.04 Å². The van der Waals surface area contributed by atoms with Gasteiger partial charge in [0, 0.05) is 20.1 Å². The molecule has 1 aliphatic heterocycles. The Morgan fingerprint density at radius 1 is 1.59 bits per heavy atom. The summed E-state index contributed by atoms with van der Waals surface area (Å²) in [5.41, 5.74) is 0. The third kappa shape index (κ3) is 3.67. The molecule has 1 heterocycles. The van der Waals surface area contributed by atoms with Crippen molar-refractivity contribution in [1.29, 1.82) is 0 Å². The highest BCUT2D eigenvalue weighted by Crippen LogP contribution is 2.06. The summed E-state index contributed by atoms with van der Waals surface area (Å²) >= 11 is 0. The fraction of sp³-hybridized carbons (Fsp3) is 0.818. The molecule has 0 saturated carbocycles. The number of hydrogen-bond acceptors (Lipinski definition) is 4. The van der Waals surface area contributed by atoms with E-state index in [-0.39, 0.29) is 11.8 Å². The van der Waals surface area contributed by atoms with Gasteiger partial charge in [-0.15, -0.1) is 0 Å². The van der Waals surface area contributed by atoms with Gasteiger partial charge in [-0.2, -0.15) is 0 Å². The van der Waals surface area contributed by atoms with Crippen LogP contribution < -0.4 is 10.6 Å². The Kier molecular flexibility index (Phi) is 4.89. The first-order chi connectivity index (χ1) is 7.95. The second-order valence-corrected chi connectivity index (χ2v) is 4.43. The Hall–Kier alpha value is -1.14. The summed E-state index contributed by atoms with van der Waals surface area (Å²) in [7, 11) is 1.70. The fourth-order valence-electron chi connectivity index (χ4n) is 1.78. The van der Waals surface area contributed by atoms with Crippen LogP contribution in [0.4, 0.5) is 0 Å². The topological polar surface area (TPSA) is 81.7 Å². The molecule has 2 amide bonds. The van der Waals surface area contributed by atoms with E-state index >= 15 is 0 Å². The maximum atomic E-state index is 11.8. The zero-order valence-electron chi connectivity index (χ0n) is 10.6. The number of aliphatic hydroxyl groups excluding tert-OH is 1. The normalized spacial score (nSPS) is 25.4. The molecule has 3 unspecified atom stereocenters. The number of amides is 2. The molecule has 0 bridgehead atoms. The molecular formula is C11H21N3O3. The first kappa shape index (κ1) is 13.9. The lowest BCUT2D eigenvalue weighted by molar-refractivity contribution is -0.135. The Labute approximate surface area is 101 Å². The van der Waals surface area contributed by atoms with Crippen molar-refractivity contribution < 1.29 is 14.7 Å². The van der Waals surface area contributed by atoms with Crippen LogP contribution >= 0.6 is 0 Å². The zero-order valence-corrected chi connectivity index (χ0v) is 10.6. The smallest absolute Gasteiger partial charge is 0.244 e. The molecule has 1 aliphatic rings. The Morgan fingerprint density at radius 2 is 2.24 bits per heavy atom. The molecule has 1 fully saturated rings. The lowest BCUT2D eigenvalue weighted by atomic mass is 10.2. The number of rotatable bonds is 4. The largest absolute Gasteiger partial charge is 0.392 e. The Morgan fingerprint density at radius 3 is 2.71 bits per heavy atom. The minimum Gasteiger partial charge on any atom is -0.392 e. The number of carbonyl (C=O) groups is 2. The van der Waals surface area contributed by atoms with Gasteiger partial charge in [0.15, 0.2) is 0 Å². The highest BCUT2D eigenvalue weighted by molar-refractivity contribution is 5.89. The van der Waals surface area contributed by atoms with Crippen LogP contribution in [0.5, 0.6) is 0 Å². The van der Waals surface area contributed by atoms with Crippen molar-refractivity contribution in [1.82, 2.24) is 15.5 Å². The van der Waals surface area contributed by atoms with E-state index in [4.69, 9.17) is 0 Å². The SMILES string of the molecule is CCN(C)C(=O)C(C)NC(=O)C1CC(O)CN1. The van der Waals surface area contributed by atoms with E-state index in [0.717, 1.165) is 0 Å². The van der Waals surface area contributed by atoms with E-state index in [1.165, 1.54) is 0 Å². The van der Waals surface area contributed by atoms with Crippen molar-refractivity contribution in [3.63, 3.8) is 0 Å². The van der Waals surface area contributed by atoms with E-state index in [2.05, 4.69) is 10.6 Å². The average molecular weight is 243 g/mol. The summed E-state index contributed by atoms with van der Waals surface area (Å²) in [6.45, 7) is 4.58. The van der Waals surface area contributed by atoms with E-state index in [1.807, 2.05) is 6.92 Å². The number of β-amino-alcohol motifs (C(OH)–C–C–N with tert-alkyl or cyclic N) is 1. The van der Waals surface area contributed by atoms with Crippen LogP contribution in [0.15, 0.2) is 0 Å². The maximum Gasteiger partial charge on any atom is 0.244 e. The second kappa shape index (κ2) is 5.97. The predicted octanol–water partition coefficient (Wildman–Crippen LogP) is -1.31. The molecule has 0 aliphatic carbocycles. The van der Waals surface area contributed by atoms with E-state index in [9.17, 15) is 14.7 Å². The van der Waals surface area contributed by atoms with E-state index < -0.39 is 18.2 Å². The molecule has 1 saturated heterocycles. The zero-order chi connectivity index (χ0) is 13.0. The number of nitrogens with one attached hydrogen (secondary N) is 2. The molecule has 1 rings (SSSR count). The van der Waals surface area contributed by atoms with Crippen LogP contribution in [-0.4, -0.2) is 60.1 Å². The summed E-state index contributed by atoms with van der Waals surface area (Å²) in [5, 5.41) is 14.9. The lowest BCUT2D eigenvalue weighted by Gasteiger charge is -2.21. The van der Waals surface area contributed by atoms with Crippen molar-refractivity contribution in [3.05, 3.63) is 0 Å². The lowest BCUT2D eigenvalue weighted by Crippen LogP contribution is -2.50. The molecule has 0 aromatic carbocycles. The van der Waals surface area contributed by atoms with Gasteiger partial charge in [-0.05, 0) is 20.3 Å². The minimum atomic E-state index is -0.535. The van der Waals surface area contributed by atoms with Gasteiger partial charge in [0.05, 0.1) is 12.1 Å². The van der Waals surface area contributed by atoms with Crippen LogP contribution in [0.3, 0.4) is 0 Å². The fourth-order valence-corrected chi connectivity index (χ4v) is 1.78. The third-order valence-electron chi connectivity index (χ3n) is 3.00. The van der Waals surface area contributed by atoms with E-state index in [0.29, 0.717) is 19.5 Å². The molecule has 98 valence electrons. The Bertz CT molecular complexity index is 296. The number of nitrogens with zero attached hydrogens (tertiary/aromatic N) is 1. The van der Waals surface area contributed by atoms with Gasteiger partial charge in [-0.3, -0.25) is 9.59 Å². The van der Waals surface area contributed by atoms with Gasteiger partial charge < -0.3 is 20.6 Å². The van der Waals surface area contributed by atoms with Crippen molar-refractivity contribution in [2.75, 3.05) is 20.1 Å². The summed E-state index contributed by atoms with van der Waals surface area (Å²) in [5.74, 6) is -0.341. The predicted molar refractivity (Wildman–Crippen MR) is 63.3 cm³/mol.